The van der Waals surface area contributed by atoms with Gasteiger partial charge < -0.3 is 4.57 Å². The molecule has 0 saturated carbocycles. The number of carbonyl (C=O) groups excluding carboxylic acids is 1. The molecule has 0 N–H and O–H groups in total. The average Bonchev–Trinajstić information content (AvgIpc) is 2.89. The second kappa shape index (κ2) is 5.05. The zero-order valence-electron chi connectivity index (χ0n) is 11.2. The monoisotopic (exact) mass is 290 g/mol. The maximum atomic E-state index is 12.1. The molecule has 104 valence electrons. The van der Waals surface area contributed by atoms with Crippen molar-refractivity contribution in [3.8, 4) is 5.69 Å². The Bertz CT molecular complexity index is 775. The van der Waals surface area contributed by atoms with Crippen molar-refractivity contribution < 1.29 is 13.2 Å². The molecule has 20 heavy (non-hydrogen) atoms. The summed E-state index contributed by atoms with van der Waals surface area (Å²) in [7, 11) is -3.49. The molecular weight excluding hydrogens is 276 g/mol. The van der Waals surface area contributed by atoms with Crippen LogP contribution in [0.4, 0.5) is 0 Å². The van der Waals surface area contributed by atoms with Crippen LogP contribution < -0.4 is 0 Å². The molecule has 0 aliphatic carbocycles. The zero-order valence-corrected chi connectivity index (χ0v) is 12.0. The molecule has 0 fully saturated rings. The van der Waals surface area contributed by atoms with E-state index in [1.165, 1.54) is 0 Å². The molecular formula is C14H14N2O3S. The van der Waals surface area contributed by atoms with E-state index in [1.807, 2.05) is 0 Å². The van der Waals surface area contributed by atoms with Gasteiger partial charge in [-0.3, -0.25) is 4.79 Å². The summed E-state index contributed by atoms with van der Waals surface area (Å²) in [6, 6.07) is 6.76. The van der Waals surface area contributed by atoms with Gasteiger partial charge in [-0.2, -0.15) is 0 Å². The molecule has 0 aliphatic heterocycles. The fourth-order valence-electron chi connectivity index (χ4n) is 2.16. The number of amides is 1. The van der Waals surface area contributed by atoms with E-state index in [4.69, 9.17) is 0 Å². The zero-order chi connectivity index (χ0) is 14.9. The lowest BCUT2D eigenvalue weighted by molar-refractivity contribution is 0.100. The van der Waals surface area contributed by atoms with Crippen LogP contribution in [-0.2, 0) is 9.84 Å². The third kappa shape index (κ3) is 2.42. The number of sulfone groups is 1. The highest BCUT2D eigenvalue weighted by Crippen LogP contribution is 2.27. The molecule has 0 saturated heterocycles. The molecule has 0 radical (unpaired) electrons. The molecule has 5 nitrogen and oxygen atoms in total. The van der Waals surface area contributed by atoms with E-state index in [9.17, 15) is 13.2 Å². The Balaban J connectivity index is 2.83. The molecule has 1 amide bonds. The van der Waals surface area contributed by atoms with E-state index < -0.39 is 15.7 Å². The largest absolute Gasteiger partial charge is 0.323 e. The van der Waals surface area contributed by atoms with Crippen LogP contribution in [0.15, 0.2) is 46.5 Å². The van der Waals surface area contributed by atoms with Crippen LogP contribution in [0.2, 0.25) is 0 Å². The van der Waals surface area contributed by atoms with E-state index >= 15 is 0 Å². The van der Waals surface area contributed by atoms with Gasteiger partial charge in [0, 0.05) is 24.2 Å². The molecule has 1 heterocycles. The highest BCUT2D eigenvalue weighted by molar-refractivity contribution is 7.90. The molecule has 0 unspecified atom stereocenters. The molecule has 1 aromatic heterocycles. The molecule has 1 aromatic carbocycles. The summed E-state index contributed by atoms with van der Waals surface area (Å²) < 4.78 is 25.8. The summed E-state index contributed by atoms with van der Waals surface area (Å²) in [5.74, 6) is -0.536. The fraction of sp³-hybridized carbons (Fsp3) is 0.143. The van der Waals surface area contributed by atoms with Crippen molar-refractivity contribution in [1.29, 1.82) is 0 Å². The summed E-state index contributed by atoms with van der Waals surface area (Å²) in [5, 5.41) is 0. The first-order valence-electron chi connectivity index (χ1n) is 5.84. The number of hydrogen-bond acceptors (Lipinski definition) is 3. The minimum atomic E-state index is -3.49. The number of aliphatic imine (C=N–C) groups is 1. The van der Waals surface area contributed by atoms with E-state index in [0.29, 0.717) is 11.3 Å². The molecule has 6 heteroatoms. The minimum Gasteiger partial charge on any atom is -0.323 e. The number of hydrogen-bond donors (Lipinski definition) is 0. The van der Waals surface area contributed by atoms with E-state index in [2.05, 4.69) is 11.7 Å². The molecule has 0 aliphatic rings. The van der Waals surface area contributed by atoms with Crippen molar-refractivity contribution in [2.45, 2.75) is 11.8 Å². The van der Waals surface area contributed by atoms with Gasteiger partial charge in [-0.05, 0) is 43.5 Å². The Morgan fingerprint density at radius 3 is 2.35 bits per heavy atom. The Morgan fingerprint density at radius 1 is 1.25 bits per heavy atom. The quantitative estimate of drug-likeness (QED) is 0.812. The average molecular weight is 290 g/mol. The topological polar surface area (TPSA) is 68.5 Å². The van der Waals surface area contributed by atoms with Gasteiger partial charge in [-0.15, -0.1) is 0 Å². The smallest absolute Gasteiger partial charge is 0.276 e. The summed E-state index contributed by atoms with van der Waals surface area (Å²) in [6.07, 6.45) is 4.62. The lowest BCUT2D eigenvalue weighted by Gasteiger charge is -2.14. The number of rotatable bonds is 3. The van der Waals surface area contributed by atoms with Crippen LogP contribution in [0.3, 0.4) is 0 Å². The van der Waals surface area contributed by atoms with Crippen LogP contribution in [0.1, 0.15) is 15.9 Å². The maximum Gasteiger partial charge on any atom is 0.276 e. The number of benzene rings is 1. The van der Waals surface area contributed by atoms with Crippen molar-refractivity contribution in [2.75, 3.05) is 6.26 Å². The predicted octanol–water partition coefficient (Wildman–Crippen LogP) is 2.03. The van der Waals surface area contributed by atoms with E-state index in [1.54, 1.807) is 48.1 Å². The van der Waals surface area contributed by atoms with Crippen LogP contribution in [-0.4, -0.2) is 31.9 Å². The number of carbonyl (C=O) groups is 1. The Morgan fingerprint density at radius 2 is 1.85 bits per heavy atom. The highest BCUT2D eigenvalue weighted by atomic mass is 32.2. The lowest BCUT2D eigenvalue weighted by atomic mass is 10.1. The van der Waals surface area contributed by atoms with E-state index in [-0.39, 0.29) is 10.5 Å². The third-order valence-electron chi connectivity index (χ3n) is 3.01. The first-order chi connectivity index (χ1) is 9.36. The minimum absolute atomic E-state index is 0.128. The maximum absolute atomic E-state index is 12.1. The van der Waals surface area contributed by atoms with Gasteiger partial charge in [0.1, 0.15) is 0 Å². The Hall–Kier alpha value is -2.21. The van der Waals surface area contributed by atoms with Crippen LogP contribution >= 0.6 is 0 Å². The van der Waals surface area contributed by atoms with Gasteiger partial charge in [-0.25, -0.2) is 13.4 Å². The molecule has 0 spiro atoms. The first-order valence-corrected chi connectivity index (χ1v) is 7.73. The van der Waals surface area contributed by atoms with Crippen molar-refractivity contribution in [3.05, 3.63) is 47.8 Å². The van der Waals surface area contributed by atoms with Gasteiger partial charge in [0.25, 0.3) is 5.91 Å². The van der Waals surface area contributed by atoms with Crippen LogP contribution in [0, 0.1) is 6.92 Å². The summed E-state index contributed by atoms with van der Waals surface area (Å²) in [4.78, 5) is 15.2. The molecule has 2 aromatic rings. The summed E-state index contributed by atoms with van der Waals surface area (Å²) in [5.41, 5.74) is 1.14. The predicted molar refractivity (Wildman–Crippen MR) is 77.5 cm³/mol. The molecule has 0 atom stereocenters. The second-order valence-electron chi connectivity index (χ2n) is 4.41. The lowest BCUT2D eigenvalue weighted by Crippen LogP contribution is -2.10. The van der Waals surface area contributed by atoms with Gasteiger partial charge in [-0.1, -0.05) is 0 Å². The van der Waals surface area contributed by atoms with Gasteiger partial charge in [0.15, 0.2) is 9.84 Å². The third-order valence-corrected chi connectivity index (χ3v) is 4.27. The van der Waals surface area contributed by atoms with Crippen molar-refractivity contribution in [2.24, 2.45) is 4.99 Å². The van der Waals surface area contributed by atoms with Crippen molar-refractivity contribution in [1.82, 2.24) is 4.57 Å². The van der Waals surface area contributed by atoms with Crippen molar-refractivity contribution in [3.63, 3.8) is 0 Å². The van der Waals surface area contributed by atoms with Gasteiger partial charge >= 0.3 is 0 Å². The fourth-order valence-corrected chi connectivity index (χ4v) is 3.38. The normalized spacial score (nSPS) is 11.3. The van der Waals surface area contributed by atoms with Crippen LogP contribution in [0.25, 0.3) is 5.69 Å². The molecule has 2 rings (SSSR count). The Labute approximate surface area is 117 Å². The SMILES string of the molecule is C=NC(=O)c1ccc(-n2cccc2)c(S(C)(=O)=O)c1C. The van der Waals surface area contributed by atoms with E-state index in [0.717, 1.165) is 6.26 Å². The number of nitrogens with zero attached hydrogens (tertiary/aromatic N) is 2. The van der Waals surface area contributed by atoms with Crippen molar-refractivity contribution >= 4 is 22.5 Å². The van der Waals surface area contributed by atoms with Gasteiger partial charge in [0.2, 0.25) is 0 Å². The first kappa shape index (κ1) is 14.2. The Kier molecular flexibility index (Phi) is 3.59. The standard InChI is InChI=1S/C14H14N2O3S/c1-10-11(14(17)15-2)6-7-12(13(10)20(3,18)19)16-8-4-5-9-16/h4-9H,2H2,1,3H3. The highest BCUT2D eigenvalue weighted by Gasteiger charge is 2.22. The summed E-state index contributed by atoms with van der Waals surface area (Å²) >= 11 is 0. The number of aromatic nitrogens is 1. The van der Waals surface area contributed by atoms with Crippen LogP contribution in [0.5, 0.6) is 0 Å². The summed E-state index contributed by atoms with van der Waals surface area (Å²) in [6.45, 7) is 4.79. The second-order valence-corrected chi connectivity index (χ2v) is 6.36. The molecule has 0 bridgehead atoms. The van der Waals surface area contributed by atoms with Gasteiger partial charge in [0.05, 0.1) is 10.6 Å².